The fourth-order valence-corrected chi connectivity index (χ4v) is 1.93. The zero-order valence-electron chi connectivity index (χ0n) is 10.6. The summed E-state index contributed by atoms with van der Waals surface area (Å²) in [4.78, 5) is 6.45. The summed E-state index contributed by atoms with van der Waals surface area (Å²) in [6.07, 6.45) is 1.80. The maximum absolute atomic E-state index is 9.45. The van der Waals surface area contributed by atoms with Crippen LogP contribution in [-0.4, -0.2) is 34.7 Å². The van der Waals surface area contributed by atoms with Gasteiger partial charge in [0.2, 0.25) is 0 Å². The SMILES string of the molecule is CN(Cc1ccccn1)C(CO)C(C)(C)C. The highest BCUT2D eigenvalue weighted by Crippen LogP contribution is 2.23. The molecule has 0 aliphatic heterocycles. The summed E-state index contributed by atoms with van der Waals surface area (Å²) in [5, 5.41) is 9.45. The Kier molecular flexibility index (Phi) is 4.44. The molecule has 90 valence electrons. The predicted molar refractivity (Wildman–Crippen MR) is 66.0 cm³/mol. The molecule has 16 heavy (non-hydrogen) atoms. The summed E-state index contributed by atoms with van der Waals surface area (Å²) in [7, 11) is 2.03. The first kappa shape index (κ1) is 13.1. The molecular formula is C13H22N2O. The Morgan fingerprint density at radius 3 is 2.50 bits per heavy atom. The molecule has 0 amide bonds. The first-order valence-electron chi connectivity index (χ1n) is 5.66. The van der Waals surface area contributed by atoms with E-state index >= 15 is 0 Å². The van der Waals surface area contributed by atoms with Crippen LogP contribution in [0.4, 0.5) is 0 Å². The van der Waals surface area contributed by atoms with E-state index in [1.54, 1.807) is 6.20 Å². The van der Waals surface area contributed by atoms with E-state index in [0.717, 1.165) is 12.2 Å². The zero-order valence-corrected chi connectivity index (χ0v) is 10.6. The standard InChI is InChI=1S/C13H22N2O/c1-13(2,3)12(10-16)15(4)9-11-7-5-6-8-14-11/h5-8,12,16H,9-10H2,1-4H3. The van der Waals surface area contributed by atoms with Crippen LogP contribution in [0.2, 0.25) is 0 Å². The molecular weight excluding hydrogens is 200 g/mol. The summed E-state index contributed by atoms with van der Waals surface area (Å²) >= 11 is 0. The van der Waals surface area contributed by atoms with Crippen molar-refractivity contribution in [2.75, 3.05) is 13.7 Å². The van der Waals surface area contributed by atoms with Gasteiger partial charge in [0.1, 0.15) is 0 Å². The van der Waals surface area contributed by atoms with E-state index in [4.69, 9.17) is 0 Å². The van der Waals surface area contributed by atoms with E-state index in [0.29, 0.717) is 0 Å². The number of hydrogen-bond acceptors (Lipinski definition) is 3. The van der Waals surface area contributed by atoms with Gasteiger partial charge in [-0.15, -0.1) is 0 Å². The first-order chi connectivity index (χ1) is 7.45. The average Bonchev–Trinajstić information content (AvgIpc) is 2.17. The van der Waals surface area contributed by atoms with Gasteiger partial charge in [0, 0.05) is 18.8 Å². The van der Waals surface area contributed by atoms with Crippen LogP contribution in [0.15, 0.2) is 24.4 Å². The molecule has 0 radical (unpaired) electrons. The second-order valence-electron chi connectivity index (χ2n) is 5.30. The highest BCUT2D eigenvalue weighted by atomic mass is 16.3. The van der Waals surface area contributed by atoms with Gasteiger partial charge in [0.25, 0.3) is 0 Å². The van der Waals surface area contributed by atoms with Gasteiger partial charge in [-0.25, -0.2) is 0 Å². The fraction of sp³-hybridized carbons (Fsp3) is 0.615. The van der Waals surface area contributed by atoms with E-state index in [-0.39, 0.29) is 18.1 Å². The summed E-state index contributed by atoms with van der Waals surface area (Å²) in [5.74, 6) is 0. The molecule has 0 saturated heterocycles. The minimum absolute atomic E-state index is 0.0677. The Bertz CT molecular complexity index is 305. The fourth-order valence-electron chi connectivity index (χ4n) is 1.93. The normalized spacial score (nSPS) is 14.1. The number of aliphatic hydroxyl groups is 1. The number of likely N-dealkylation sites (N-methyl/N-ethyl adjacent to an activating group) is 1. The molecule has 1 rings (SSSR count). The van der Waals surface area contributed by atoms with Crippen molar-refractivity contribution < 1.29 is 5.11 Å². The van der Waals surface area contributed by atoms with Crippen LogP contribution in [-0.2, 0) is 6.54 Å². The number of aromatic nitrogens is 1. The van der Waals surface area contributed by atoms with Crippen molar-refractivity contribution >= 4 is 0 Å². The van der Waals surface area contributed by atoms with Crippen LogP contribution < -0.4 is 0 Å². The van der Waals surface area contributed by atoms with Crippen LogP contribution >= 0.6 is 0 Å². The molecule has 0 aromatic carbocycles. The number of hydrogen-bond donors (Lipinski definition) is 1. The maximum Gasteiger partial charge on any atom is 0.0591 e. The lowest BCUT2D eigenvalue weighted by molar-refractivity contribution is 0.0607. The highest BCUT2D eigenvalue weighted by Gasteiger charge is 2.27. The van der Waals surface area contributed by atoms with Gasteiger partial charge < -0.3 is 5.11 Å². The minimum Gasteiger partial charge on any atom is -0.395 e. The van der Waals surface area contributed by atoms with Crippen molar-refractivity contribution in [3.63, 3.8) is 0 Å². The van der Waals surface area contributed by atoms with Crippen LogP contribution in [0.25, 0.3) is 0 Å². The molecule has 3 heteroatoms. The Morgan fingerprint density at radius 2 is 2.06 bits per heavy atom. The summed E-state index contributed by atoms with van der Waals surface area (Å²) in [6, 6.07) is 6.06. The molecule has 1 N–H and O–H groups in total. The molecule has 0 bridgehead atoms. The van der Waals surface area contributed by atoms with Crippen molar-refractivity contribution in [2.45, 2.75) is 33.4 Å². The number of aliphatic hydroxyl groups excluding tert-OH is 1. The van der Waals surface area contributed by atoms with Crippen molar-refractivity contribution in [3.05, 3.63) is 30.1 Å². The third kappa shape index (κ3) is 3.58. The Morgan fingerprint density at radius 1 is 1.38 bits per heavy atom. The summed E-state index contributed by atoms with van der Waals surface area (Å²) in [6.45, 7) is 7.37. The van der Waals surface area contributed by atoms with Crippen LogP contribution in [0, 0.1) is 5.41 Å². The lowest BCUT2D eigenvalue weighted by Gasteiger charge is -2.36. The van der Waals surface area contributed by atoms with Crippen molar-refractivity contribution in [3.8, 4) is 0 Å². The molecule has 3 nitrogen and oxygen atoms in total. The Balaban J connectivity index is 2.67. The predicted octanol–water partition coefficient (Wildman–Crippen LogP) is 1.92. The van der Waals surface area contributed by atoms with Gasteiger partial charge in [-0.1, -0.05) is 26.8 Å². The van der Waals surface area contributed by atoms with Crippen LogP contribution in [0.5, 0.6) is 0 Å². The third-order valence-electron chi connectivity index (χ3n) is 2.84. The molecule has 0 spiro atoms. The Labute approximate surface area is 98.1 Å². The van der Waals surface area contributed by atoms with Gasteiger partial charge in [-0.2, -0.15) is 0 Å². The van der Waals surface area contributed by atoms with Crippen molar-refractivity contribution in [1.82, 2.24) is 9.88 Å². The van der Waals surface area contributed by atoms with Crippen molar-refractivity contribution in [1.29, 1.82) is 0 Å². The molecule has 0 aliphatic carbocycles. The van der Waals surface area contributed by atoms with Gasteiger partial charge in [0.05, 0.1) is 12.3 Å². The highest BCUT2D eigenvalue weighted by molar-refractivity contribution is 5.03. The van der Waals surface area contributed by atoms with E-state index < -0.39 is 0 Å². The van der Waals surface area contributed by atoms with Crippen LogP contribution in [0.1, 0.15) is 26.5 Å². The molecule has 1 aromatic rings. The molecule has 0 aliphatic rings. The van der Waals surface area contributed by atoms with Gasteiger partial charge in [-0.05, 0) is 24.6 Å². The van der Waals surface area contributed by atoms with Gasteiger partial charge in [0.15, 0.2) is 0 Å². The molecule has 0 saturated carbocycles. The van der Waals surface area contributed by atoms with Gasteiger partial charge in [-0.3, -0.25) is 9.88 Å². The largest absolute Gasteiger partial charge is 0.395 e. The smallest absolute Gasteiger partial charge is 0.0591 e. The van der Waals surface area contributed by atoms with E-state index in [1.165, 1.54) is 0 Å². The average molecular weight is 222 g/mol. The minimum atomic E-state index is 0.0677. The first-order valence-corrected chi connectivity index (χ1v) is 5.66. The number of nitrogens with zero attached hydrogens (tertiary/aromatic N) is 2. The second-order valence-corrected chi connectivity index (χ2v) is 5.30. The number of rotatable bonds is 4. The van der Waals surface area contributed by atoms with Gasteiger partial charge >= 0.3 is 0 Å². The molecule has 1 unspecified atom stereocenters. The lowest BCUT2D eigenvalue weighted by atomic mass is 9.86. The maximum atomic E-state index is 9.45. The quantitative estimate of drug-likeness (QED) is 0.845. The topological polar surface area (TPSA) is 36.4 Å². The Hall–Kier alpha value is -0.930. The van der Waals surface area contributed by atoms with E-state index in [2.05, 4.69) is 30.7 Å². The summed E-state index contributed by atoms with van der Waals surface area (Å²) in [5.41, 5.74) is 1.10. The molecule has 1 heterocycles. The zero-order chi connectivity index (χ0) is 12.2. The number of pyridine rings is 1. The molecule has 0 fully saturated rings. The van der Waals surface area contributed by atoms with E-state index in [1.807, 2.05) is 25.2 Å². The van der Waals surface area contributed by atoms with Crippen LogP contribution in [0.3, 0.4) is 0 Å². The van der Waals surface area contributed by atoms with E-state index in [9.17, 15) is 5.11 Å². The second kappa shape index (κ2) is 5.41. The third-order valence-corrected chi connectivity index (χ3v) is 2.84. The molecule has 1 aromatic heterocycles. The van der Waals surface area contributed by atoms with Crippen molar-refractivity contribution in [2.24, 2.45) is 5.41 Å². The monoisotopic (exact) mass is 222 g/mol. The summed E-state index contributed by atoms with van der Waals surface area (Å²) < 4.78 is 0. The molecule has 1 atom stereocenters. The lowest BCUT2D eigenvalue weighted by Crippen LogP contribution is -2.44.